The number of ether oxygens (including phenoxy) is 1. The number of benzene rings is 2. The number of hydrazine groups is 2. The average Bonchev–Trinajstić information content (AvgIpc) is 3.53. The fourth-order valence-electron chi connectivity index (χ4n) is 4.45. The number of aryl methyl sites for hydroxylation is 2. The second kappa shape index (κ2) is 10.3. The van der Waals surface area contributed by atoms with Gasteiger partial charge in [-0.1, -0.05) is 19.9 Å². The molecule has 0 unspecified atom stereocenters. The first-order valence-corrected chi connectivity index (χ1v) is 12.2. The highest BCUT2D eigenvalue weighted by molar-refractivity contribution is 5.90. The van der Waals surface area contributed by atoms with Crippen LogP contribution >= 0.6 is 0 Å². The lowest BCUT2D eigenvalue weighted by Gasteiger charge is -2.18. The van der Waals surface area contributed by atoms with Gasteiger partial charge in [0.05, 0.1) is 17.4 Å². The Morgan fingerprint density at radius 3 is 2.71 bits per heavy atom. The molecule has 1 aromatic heterocycles. The van der Waals surface area contributed by atoms with Gasteiger partial charge >= 0.3 is 5.97 Å². The van der Waals surface area contributed by atoms with E-state index in [9.17, 15) is 4.79 Å². The van der Waals surface area contributed by atoms with E-state index in [0.29, 0.717) is 18.1 Å². The fourth-order valence-corrected chi connectivity index (χ4v) is 4.45. The second-order valence-electron chi connectivity index (χ2n) is 8.67. The van der Waals surface area contributed by atoms with Crippen LogP contribution in [-0.4, -0.2) is 47.1 Å². The van der Waals surface area contributed by atoms with Crippen molar-refractivity contribution in [1.29, 1.82) is 0 Å². The number of anilines is 5. The maximum absolute atomic E-state index is 12.3. The van der Waals surface area contributed by atoms with Crippen LogP contribution in [-0.2, 0) is 17.6 Å². The summed E-state index contributed by atoms with van der Waals surface area (Å²) in [6.45, 7) is 7.19. The predicted octanol–water partition coefficient (Wildman–Crippen LogP) is 4.19. The Morgan fingerprint density at radius 1 is 1.11 bits per heavy atom. The largest absolute Gasteiger partial charge is 0.461 e. The molecule has 3 aromatic rings. The molecule has 0 saturated carbocycles. The number of hydrogen-bond donors (Lipinski definition) is 3. The summed E-state index contributed by atoms with van der Waals surface area (Å²) in [6, 6.07) is 13.7. The van der Waals surface area contributed by atoms with Crippen molar-refractivity contribution in [3.63, 3.8) is 0 Å². The number of rotatable bonds is 9. The molecule has 35 heavy (non-hydrogen) atoms. The molecule has 1 aliphatic heterocycles. The van der Waals surface area contributed by atoms with Crippen molar-refractivity contribution in [2.75, 3.05) is 42.0 Å². The number of aromatic nitrogens is 2. The van der Waals surface area contributed by atoms with Crippen molar-refractivity contribution in [3.8, 4) is 0 Å². The highest BCUT2D eigenvalue weighted by atomic mass is 16.5. The smallest absolute Gasteiger partial charge is 0.338 e. The zero-order valence-corrected chi connectivity index (χ0v) is 20.2. The van der Waals surface area contributed by atoms with Crippen molar-refractivity contribution in [1.82, 2.24) is 20.4 Å². The number of fused-ring (bicyclic) bond motifs is 2. The van der Waals surface area contributed by atoms with Gasteiger partial charge in [-0.3, -0.25) is 5.43 Å². The summed E-state index contributed by atoms with van der Waals surface area (Å²) in [5, 5.41) is 5.15. The number of carbonyl (C=O) groups excluding carboxylic acids is 1. The molecule has 9 heteroatoms. The van der Waals surface area contributed by atoms with E-state index >= 15 is 0 Å². The van der Waals surface area contributed by atoms with Crippen molar-refractivity contribution >= 4 is 34.8 Å². The van der Waals surface area contributed by atoms with Crippen molar-refractivity contribution in [2.24, 2.45) is 0 Å². The molecule has 3 N–H and O–H groups in total. The Hall–Kier alpha value is -3.69. The summed E-state index contributed by atoms with van der Waals surface area (Å²) in [6.07, 6.45) is 5.23. The van der Waals surface area contributed by atoms with E-state index in [-0.39, 0.29) is 5.97 Å². The zero-order valence-electron chi connectivity index (χ0n) is 20.2. The molecule has 2 aliphatic rings. The van der Waals surface area contributed by atoms with E-state index in [1.54, 1.807) is 18.3 Å². The lowest BCUT2D eigenvalue weighted by atomic mass is 10.1. The van der Waals surface area contributed by atoms with Gasteiger partial charge < -0.3 is 15.0 Å². The minimum atomic E-state index is -0.320. The van der Waals surface area contributed by atoms with Gasteiger partial charge in [0.25, 0.3) is 0 Å². The van der Waals surface area contributed by atoms with Crippen molar-refractivity contribution in [3.05, 3.63) is 65.4 Å². The molecule has 2 aromatic carbocycles. The molecule has 9 nitrogen and oxygen atoms in total. The third-order valence-corrected chi connectivity index (χ3v) is 6.53. The minimum absolute atomic E-state index is 0.320. The molecule has 0 bridgehead atoms. The first-order valence-electron chi connectivity index (χ1n) is 12.2. The highest BCUT2D eigenvalue weighted by Crippen LogP contribution is 2.35. The molecular weight excluding hydrogens is 442 g/mol. The van der Waals surface area contributed by atoms with Crippen LogP contribution in [0.2, 0.25) is 0 Å². The molecule has 2 heterocycles. The Kier molecular flexibility index (Phi) is 6.78. The van der Waals surface area contributed by atoms with E-state index in [2.05, 4.69) is 58.2 Å². The molecule has 0 atom stereocenters. The van der Waals surface area contributed by atoms with Crippen LogP contribution in [0.15, 0.2) is 48.7 Å². The zero-order chi connectivity index (χ0) is 24.2. The third-order valence-electron chi connectivity index (χ3n) is 6.53. The number of nitrogens with one attached hydrogen (secondary N) is 3. The van der Waals surface area contributed by atoms with Gasteiger partial charge in [0.15, 0.2) is 5.82 Å². The maximum atomic E-state index is 12.3. The van der Waals surface area contributed by atoms with Crippen LogP contribution < -0.4 is 21.3 Å². The van der Waals surface area contributed by atoms with Crippen LogP contribution in [0.3, 0.4) is 0 Å². The summed E-state index contributed by atoms with van der Waals surface area (Å²) < 4.78 is 5.41. The quantitative estimate of drug-likeness (QED) is 0.395. The fraction of sp³-hybridized carbons (Fsp3) is 0.346. The number of carbonyl (C=O) groups is 1. The van der Waals surface area contributed by atoms with Crippen LogP contribution in [0.5, 0.6) is 0 Å². The number of likely N-dealkylation sites (N-methyl/N-ethyl adjacent to an activating group) is 1. The third kappa shape index (κ3) is 5.06. The molecule has 0 fully saturated rings. The first kappa shape index (κ1) is 23.1. The normalized spacial score (nSPS) is 14.0. The van der Waals surface area contributed by atoms with Crippen LogP contribution in [0.1, 0.15) is 41.8 Å². The van der Waals surface area contributed by atoms with Crippen LogP contribution in [0, 0.1) is 0 Å². The Balaban J connectivity index is 1.23. The highest BCUT2D eigenvalue weighted by Gasteiger charge is 2.24. The summed E-state index contributed by atoms with van der Waals surface area (Å²) in [4.78, 5) is 23.7. The number of nitrogens with zero attached hydrogens (tertiary/aromatic N) is 4. The van der Waals surface area contributed by atoms with Gasteiger partial charge in [-0.15, -0.1) is 5.53 Å². The predicted molar refractivity (Wildman–Crippen MR) is 137 cm³/mol. The van der Waals surface area contributed by atoms with Crippen molar-refractivity contribution in [2.45, 2.75) is 33.1 Å². The molecule has 1 aliphatic carbocycles. The molecule has 0 spiro atoms. The van der Waals surface area contributed by atoms with Gasteiger partial charge in [-0.05, 0) is 79.9 Å². The van der Waals surface area contributed by atoms with Gasteiger partial charge in [0, 0.05) is 12.2 Å². The summed E-state index contributed by atoms with van der Waals surface area (Å²) in [5.74, 6) is 0.892. The topological polar surface area (TPSA) is 94.6 Å². The average molecular weight is 474 g/mol. The molecular formula is C26H31N7O2. The summed E-state index contributed by atoms with van der Waals surface area (Å²) >= 11 is 0. The summed E-state index contributed by atoms with van der Waals surface area (Å²) in [5.41, 5.74) is 12.3. The van der Waals surface area contributed by atoms with Gasteiger partial charge in [-0.2, -0.15) is 4.98 Å². The van der Waals surface area contributed by atoms with Gasteiger partial charge in [-0.25, -0.2) is 14.8 Å². The number of hydrogen-bond acceptors (Lipinski definition) is 9. The minimum Gasteiger partial charge on any atom is -0.461 e. The lowest BCUT2D eigenvalue weighted by Crippen LogP contribution is -2.31. The Morgan fingerprint density at radius 2 is 1.91 bits per heavy atom. The van der Waals surface area contributed by atoms with Crippen LogP contribution in [0.25, 0.3) is 0 Å². The number of esters is 1. The lowest BCUT2D eigenvalue weighted by molar-refractivity contribution is 0.0466. The van der Waals surface area contributed by atoms with Gasteiger partial charge in [0.1, 0.15) is 12.3 Å². The molecule has 5 rings (SSSR count). The first-order chi connectivity index (χ1) is 17.1. The molecule has 182 valence electrons. The molecule has 0 saturated heterocycles. The van der Waals surface area contributed by atoms with E-state index < -0.39 is 0 Å². The van der Waals surface area contributed by atoms with E-state index in [4.69, 9.17) is 9.72 Å². The van der Waals surface area contributed by atoms with Crippen molar-refractivity contribution < 1.29 is 9.53 Å². The standard InChI is InChI=1S/C26H31N7O2/c1-3-32(4-2)14-15-35-25(34)19-8-11-21(12-9-19)28-26-27-17-23-24(29-26)33(31-30-23)22-13-10-18-6-5-7-20(18)16-22/h8-13,16-17,30-31H,3-7,14-15H2,1-2H3,(H,27,28,29). The second-order valence-corrected chi connectivity index (χ2v) is 8.67. The maximum Gasteiger partial charge on any atom is 0.338 e. The Labute approximate surface area is 205 Å². The van der Waals surface area contributed by atoms with E-state index in [0.717, 1.165) is 55.4 Å². The van der Waals surface area contributed by atoms with E-state index in [1.165, 1.54) is 17.5 Å². The van der Waals surface area contributed by atoms with E-state index in [1.807, 2.05) is 17.1 Å². The summed E-state index contributed by atoms with van der Waals surface area (Å²) in [7, 11) is 0. The molecule has 0 amide bonds. The SMILES string of the molecule is CCN(CC)CCOC(=O)c1ccc(Nc2ncc3c(n2)N(c2ccc4c(c2)CCC4)NN3)cc1. The molecule has 0 radical (unpaired) electrons. The van der Waals surface area contributed by atoms with Gasteiger partial charge in [0.2, 0.25) is 5.95 Å². The van der Waals surface area contributed by atoms with Crippen LogP contribution in [0.4, 0.5) is 28.8 Å². The Bertz CT molecular complexity index is 1190. The monoisotopic (exact) mass is 473 g/mol.